The summed E-state index contributed by atoms with van der Waals surface area (Å²) in [6.07, 6.45) is 1.81. The van der Waals surface area contributed by atoms with Crippen LogP contribution in [0.1, 0.15) is 34.7 Å². The van der Waals surface area contributed by atoms with Crippen molar-refractivity contribution in [3.8, 4) is 11.4 Å². The number of hydrogen-bond acceptors (Lipinski definition) is 4. The van der Waals surface area contributed by atoms with Gasteiger partial charge in [-0.25, -0.2) is 0 Å². The van der Waals surface area contributed by atoms with Crippen LogP contribution in [0.3, 0.4) is 0 Å². The molecular formula is C23H26N4O2S. The molecule has 3 heterocycles. The maximum absolute atomic E-state index is 9.67. The van der Waals surface area contributed by atoms with Crippen molar-refractivity contribution in [3.05, 3.63) is 77.4 Å². The number of phenolic OH excluding ortho intramolecular Hbond substituents is 1. The van der Waals surface area contributed by atoms with Crippen molar-refractivity contribution in [2.24, 2.45) is 0 Å². The van der Waals surface area contributed by atoms with Gasteiger partial charge in [0.15, 0.2) is 5.11 Å². The molecule has 156 valence electrons. The molecule has 7 heteroatoms. The summed E-state index contributed by atoms with van der Waals surface area (Å²) in [4.78, 5) is 6.79. The molecule has 30 heavy (non-hydrogen) atoms. The van der Waals surface area contributed by atoms with Gasteiger partial charge in [0, 0.05) is 36.9 Å². The predicted octanol–water partition coefficient (Wildman–Crippen LogP) is 3.81. The van der Waals surface area contributed by atoms with Gasteiger partial charge in [0.2, 0.25) is 0 Å². The van der Waals surface area contributed by atoms with Crippen molar-refractivity contribution >= 4 is 17.3 Å². The van der Waals surface area contributed by atoms with Gasteiger partial charge in [-0.15, -0.1) is 0 Å². The Morgan fingerprint density at radius 3 is 2.60 bits per heavy atom. The molecule has 1 aromatic carbocycles. The molecule has 4 rings (SSSR count). The maximum Gasteiger partial charge on any atom is 0.170 e. The summed E-state index contributed by atoms with van der Waals surface area (Å²) in [5, 5.41) is 13.9. The van der Waals surface area contributed by atoms with E-state index in [-0.39, 0.29) is 17.8 Å². The number of pyridine rings is 1. The molecule has 0 saturated carbocycles. The molecule has 0 spiro atoms. The minimum absolute atomic E-state index is 0.000356. The lowest BCUT2D eigenvalue weighted by atomic mass is 9.97. The average Bonchev–Trinajstić information content (AvgIpc) is 3.23. The number of nitrogens with zero attached hydrogens (tertiary/aromatic N) is 3. The number of ether oxygens (including phenoxy) is 1. The standard InChI is InChI=1S/C23H26N4O2S/c1-15-14-19(16(2)27(15)17-7-9-18(28)10-8-17)22-21(20-6-4-5-11-24-20)25-23(30)26(22)12-13-29-3/h4-11,14,21-22,28H,12-13H2,1-3H3,(H,25,30)/t21-,22+/m1/s1. The third kappa shape index (κ3) is 3.66. The highest BCUT2D eigenvalue weighted by molar-refractivity contribution is 7.80. The van der Waals surface area contributed by atoms with Gasteiger partial charge in [0.25, 0.3) is 0 Å². The van der Waals surface area contributed by atoms with Crippen LogP contribution in [-0.2, 0) is 4.74 Å². The van der Waals surface area contributed by atoms with E-state index in [0.29, 0.717) is 18.3 Å². The fraction of sp³-hybridized carbons (Fsp3) is 0.304. The van der Waals surface area contributed by atoms with Gasteiger partial charge in [-0.2, -0.15) is 0 Å². The minimum atomic E-state index is -0.0516. The van der Waals surface area contributed by atoms with Gasteiger partial charge in [0.1, 0.15) is 5.75 Å². The Morgan fingerprint density at radius 1 is 1.17 bits per heavy atom. The highest BCUT2D eigenvalue weighted by Crippen LogP contribution is 2.41. The lowest BCUT2D eigenvalue weighted by molar-refractivity contribution is 0.164. The number of thiocarbonyl (C=S) groups is 1. The van der Waals surface area contributed by atoms with E-state index >= 15 is 0 Å². The normalized spacial score (nSPS) is 18.6. The van der Waals surface area contributed by atoms with E-state index in [1.54, 1.807) is 19.2 Å². The molecule has 0 aliphatic carbocycles. The molecule has 1 aliphatic rings. The molecule has 1 fully saturated rings. The first-order valence-corrected chi connectivity index (χ1v) is 10.4. The van der Waals surface area contributed by atoms with E-state index in [1.165, 1.54) is 5.56 Å². The number of nitrogens with one attached hydrogen (secondary N) is 1. The van der Waals surface area contributed by atoms with Crippen LogP contribution in [0.2, 0.25) is 0 Å². The lowest BCUT2D eigenvalue weighted by Gasteiger charge is -2.28. The number of methoxy groups -OCH3 is 1. The van der Waals surface area contributed by atoms with Crippen LogP contribution in [0, 0.1) is 13.8 Å². The molecule has 2 atom stereocenters. The topological polar surface area (TPSA) is 62.5 Å². The van der Waals surface area contributed by atoms with Crippen molar-refractivity contribution in [1.82, 2.24) is 19.8 Å². The van der Waals surface area contributed by atoms with E-state index in [4.69, 9.17) is 17.0 Å². The van der Waals surface area contributed by atoms with Crippen LogP contribution in [0.5, 0.6) is 5.75 Å². The Bertz CT molecular complexity index is 1030. The van der Waals surface area contributed by atoms with E-state index in [0.717, 1.165) is 22.8 Å². The number of aromatic hydroxyl groups is 1. The average molecular weight is 423 g/mol. The van der Waals surface area contributed by atoms with Crippen molar-refractivity contribution in [3.63, 3.8) is 0 Å². The molecule has 6 nitrogen and oxygen atoms in total. The third-order valence-corrected chi connectivity index (χ3v) is 5.98. The zero-order valence-corrected chi connectivity index (χ0v) is 18.2. The monoisotopic (exact) mass is 422 g/mol. The first kappa shape index (κ1) is 20.4. The molecule has 0 unspecified atom stereocenters. The minimum Gasteiger partial charge on any atom is -0.508 e. The molecular weight excluding hydrogens is 396 g/mol. The number of hydrogen-bond donors (Lipinski definition) is 2. The summed E-state index contributed by atoms with van der Waals surface area (Å²) in [6.45, 7) is 5.50. The highest BCUT2D eigenvalue weighted by Gasteiger charge is 2.41. The van der Waals surface area contributed by atoms with Crippen molar-refractivity contribution < 1.29 is 9.84 Å². The first-order chi connectivity index (χ1) is 14.5. The Labute approximate surface area is 182 Å². The molecule has 0 amide bonds. The largest absolute Gasteiger partial charge is 0.508 e. The van der Waals surface area contributed by atoms with E-state index < -0.39 is 0 Å². The molecule has 1 saturated heterocycles. The molecule has 2 aromatic heterocycles. The van der Waals surface area contributed by atoms with Crippen LogP contribution in [-0.4, -0.2) is 44.9 Å². The van der Waals surface area contributed by atoms with Crippen LogP contribution in [0.15, 0.2) is 54.7 Å². The Morgan fingerprint density at radius 2 is 1.93 bits per heavy atom. The van der Waals surface area contributed by atoms with Gasteiger partial charge >= 0.3 is 0 Å². The summed E-state index contributed by atoms with van der Waals surface area (Å²) in [5.41, 5.74) is 5.43. The van der Waals surface area contributed by atoms with Gasteiger partial charge in [-0.3, -0.25) is 4.98 Å². The zero-order chi connectivity index (χ0) is 21.3. The SMILES string of the molecule is COCCN1C(=S)N[C@H](c2ccccn2)[C@@H]1c1cc(C)n(-c2ccc(O)cc2)c1C. The predicted molar refractivity (Wildman–Crippen MR) is 121 cm³/mol. The van der Waals surface area contributed by atoms with Crippen LogP contribution in [0.4, 0.5) is 0 Å². The second-order valence-corrected chi connectivity index (χ2v) is 7.88. The molecule has 2 N–H and O–H groups in total. The second-order valence-electron chi connectivity index (χ2n) is 7.49. The fourth-order valence-electron chi connectivity index (χ4n) is 4.26. The number of benzene rings is 1. The summed E-state index contributed by atoms with van der Waals surface area (Å²) in [5.74, 6) is 0.257. The second kappa shape index (κ2) is 8.45. The number of aryl methyl sites for hydroxylation is 1. The molecule has 0 radical (unpaired) electrons. The van der Waals surface area contributed by atoms with E-state index in [9.17, 15) is 5.11 Å². The van der Waals surface area contributed by atoms with Crippen LogP contribution < -0.4 is 5.32 Å². The fourth-order valence-corrected chi connectivity index (χ4v) is 4.59. The Hall–Kier alpha value is -2.90. The summed E-state index contributed by atoms with van der Waals surface area (Å²) < 4.78 is 7.55. The van der Waals surface area contributed by atoms with Gasteiger partial charge in [-0.1, -0.05) is 6.07 Å². The van der Waals surface area contributed by atoms with Crippen molar-refractivity contribution in [1.29, 1.82) is 0 Å². The van der Waals surface area contributed by atoms with Crippen molar-refractivity contribution in [2.75, 3.05) is 20.3 Å². The van der Waals surface area contributed by atoms with Gasteiger partial charge in [0.05, 0.1) is 24.4 Å². The van der Waals surface area contributed by atoms with Gasteiger partial charge < -0.3 is 24.6 Å². The maximum atomic E-state index is 9.67. The highest BCUT2D eigenvalue weighted by atomic mass is 32.1. The van der Waals surface area contributed by atoms with Crippen LogP contribution >= 0.6 is 12.2 Å². The van der Waals surface area contributed by atoms with E-state index in [2.05, 4.69) is 39.7 Å². The first-order valence-electron chi connectivity index (χ1n) is 9.96. The smallest absolute Gasteiger partial charge is 0.170 e. The number of rotatable bonds is 6. The molecule has 0 bridgehead atoms. The number of phenols is 1. The van der Waals surface area contributed by atoms with Crippen LogP contribution in [0.25, 0.3) is 5.69 Å². The molecule has 3 aromatic rings. The zero-order valence-electron chi connectivity index (χ0n) is 17.4. The molecule has 1 aliphatic heterocycles. The quantitative estimate of drug-likeness (QED) is 0.589. The Kier molecular flexibility index (Phi) is 5.74. The number of aromatic nitrogens is 2. The summed E-state index contributed by atoms with van der Waals surface area (Å²) in [6, 6.07) is 15.4. The Balaban J connectivity index is 1.81. The summed E-state index contributed by atoms with van der Waals surface area (Å²) in [7, 11) is 1.70. The third-order valence-electron chi connectivity index (χ3n) is 5.63. The van der Waals surface area contributed by atoms with E-state index in [1.807, 2.05) is 36.5 Å². The summed E-state index contributed by atoms with van der Waals surface area (Å²) >= 11 is 5.70. The lowest BCUT2D eigenvalue weighted by Crippen LogP contribution is -2.32. The van der Waals surface area contributed by atoms with Crippen molar-refractivity contribution in [2.45, 2.75) is 25.9 Å². The van der Waals surface area contributed by atoms with Gasteiger partial charge in [-0.05, 0) is 74.1 Å².